The molecule has 1 rings (SSSR count). The molecule has 1 aromatic rings. The molecule has 72 valence electrons. The van der Waals surface area contributed by atoms with Gasteiger partial charge in [0.15, 0.2) is 0 Å². The number of benzene rings is 1. The first-order chi connectivity index (χ1) is 6.85. The van der Waals surface area contributed by atoms with E-state index >= 15 is 0 Å². The maximum Gasteiger partial charge on any atom is 0.286 e. The number of rotatable bonds is 2. The molecule has 14 heavy (non-hydrogen) atoms. The van der Waals surface area contributed by atoms with E-state index in [2.05, 4.69) is 10.7 Å². The van der Waals surface area contributed by atoms with E-state index in [-0.39, 0.29) is 0 Å². The molecule has 3 nitrogen and oxygen atoms in total. The first kappa shape index (κ1) is 11.9. The maximum absolute atomic E-state index is 7.40. The summed E-state index contributed by atoms with van der Waals surface area (Å²) in [6.07, 6.45) is 6.43. The maximum atomic E-state index is 7.40. The van der Waals surface area contributed by atoms with Crippen LogP contribution in [0.2, 0.25) is 0 Å². The van der Waals surface area contributed by atoms with Gasteiger partial charge in [0.1, 0.15) is 12.4 Å². The lowest BCUT2D eigenvalue weighted by molar-refractivity contribution is 0.362. The Morgan fingerprint density at radius 2 is 1.93 bits per heavy atom. The highest BCUT2D eigenvalue weighted by molar-refractivity contribution is 5.21. The summed E-state index contributed by atoms with van der Waals surface area (Å²) >= 11 is 0. The van der Waals surface area contributed by atoms with Crippen molar-refractivity contribution in [1.29, 1.82) is 5.26 Å². The number of nitrogens with zero attached hydrogens (tertiary/aromatic N) is 1. The highest BCUT2D eigenvalue weighted by atomic mass is 16.5. The molecule has 0 radical (unpaired) electrons. The molecule has 0 aliphatic rings. The summed E-state index contributed by atoms with van der Waals surface area (Å²) in [5.41, 5.74) is 0. The van der Waals surface area contributed by atoms with Crippen LogP contribution >= 0.6 is 0 Å². The molecule has 0 aromatic heterocycles. The predicted octanol–water partition coefficient (Wildman–Crippen LogP) is 1.81. The van der Waals surface area contributed by atoms with E-state index in [0.29, 0.717) is 6.61 Å². The van der Waals surface area contributed by atoms with Gasteiger partial charge in [-0.15, -0.1) is 6.42 Å². The zero-order valence-corrected chi connectivity index (χ0v) is 7.93. The van der Waals surface area contributed by atoms with E-state index < -0.39 is 0 Å². The summed E-state index contributed by atoms with van der Waals surface area (Å²) in [5.74, 6) is 3.21. The third-order valence-electron chi connectivity index (χ3n) is 1.16. The Labute approximate surface area is 83.9 Å². The highest BCUT2D eigenvalue weighted by Crippen LogP contribution is 2.06. The summed E-state index contributed by atoms with van der Waals surface area (Å²) < 4.78 is 8.97. The summed E-state index contributed by atoms with van der Waals surface area (Å²) in [7, 11) is 1.32. The predicted molar refractivity (Wildman–Crippen MR) is 53.4 cm³/mol. The Bertz CT molecular complexity index is 308. The van der Waals surface area contributed by atoms with Gasteiger partial charge in [0.05, 0.1) is 7.11 Å². The van der Waals surface area contributed by atoms with Crippen molar-refractivity contribution >= 4 is 0 Å². The number of nitriles is 1. The normalized spacial score (nSPS) is 7.07. The molecule has 0 N–H and O–H groups in total. The number of hydrogen-bond acceptors (Lipinski definition) is 3. The molecule has 0 bridgehead atoms. The molecule has 0 saturated carbocycles. The fourth-order valence-electron chi connectivity index (χ4n) is 0.642. The van der Waals surface area contributed by atoms with Gasteiger partial charge in [-0.05, 0) is 12.1 Å². The third kappa shape index (κ3) is 6.57. The quantitative estimate of drug-likeness (QED) is 0.526. The average Bonchev–Trinajstić information content (AvgIpc) is 2.28. The van der Waals surface area contributed by atoms with Crippen LogP contribution in [0.5, 0.6) is 5.75 Å². The van der Waals surface area contributed by atoms with Gasteiger partial charge >= 0.3 is 0 Å². The van der Waals surface area contributed by atoms with Crippen molar-refractivity contribution in [2.45, 2.75) is 0 Å². The molecule has 0 spiro atoms. The van der Waals surface area contributed by atoms with Crippen LogP contribution in [0.4, 0.5) is 0 Å². The summed E-state index contributed by atoms with van der Waals surface area (Å²) in [6, 6.07) is 9.50. The number of methoxy groups -OCH3 is 1. The highest BCUT2D eigenvalue weighted by Gasteiger charge is 1.85. The molecule has 0 aliphatic heterocycles. The van der Waals surface area contributed by atoms with Crippen LogP contribution in [0.1, 0.15) is 0 Å². The molecular formula is C11H11NO2. The minimum atomic E-state index is 0.337. The van der Waals surface area contributed by atoms with E-state index in [1.165, 1.54) is 13.4 Å². The summed E-state index contributed by atoms with van der Waals surface area (Å²) in [5, 5.41) is 7.40. The van der Waals surface area contributed by atoms with Crippen molar-refractivity contribution in [3.05, 3.63) is 30.3 Å². The Morgan fingerprint density at radius 3 is 2.36 bits per heavy atom. The van der Waals surface area contributed by atoms with E-state index in [0.717, 1.165) is 5.75 Å². The second-order valence-corrected chi connectivity index (χ2v) is 2.10. The SMILES string of the molecule is C#CCOc1ccccc1.COC#N. The minimum absolute atomic E-state index is 0.337. The van der Waals surface area contributed by atoms with Crippen molar-refractivity contribution in [3.63, 3.8) is 0 Å². The van der Waals surface area contributed by atoms with Crippen molar-refractivity contribution in [3.8, 4) is 24.3 Å². The molecule has 0 amide bonds. The van der Waals surface area contributed by atoms with Gasteiger partial charge in [-0.25, -0.2) is 0 Å². The van der Waals surface area contributed by atoms with E-state index in [4.69, 9.17) is 16.4 Å². The summed E-state index contributed by atoms with van der Waals surface area (Å²) in [4.78, 5) is 0. The number of para-hydroxylation sites is 1. The van der Waals surface area contributed by atoms with Crippen LogP contribution in [0, 0.1) is 23.9 Å². The molecule has 1 aromatic carbocycles. The van der Waals surface area contributed by atoms with Gasteiger partial charge in [0, 0.05) is 0 Å². The standard InChI is InChI=1S/C9H8O.C2H3NO/c1-2-8-10-9-6-4-3-5-7-9;1-4-2-3/h1,3-7H,8H2;1H3. The van der Waals surface area contributed by atoms with Gasteiger partial charge < -0.3 is 9.47 Å². The second kappa shape index (κ2) is 8.96. The Balaban J connectivity index is 0.000000364. The van der Waals surface area contributed by atoms with Gasteiger partial charge in [0.2, 0.25) is 0 Å². The summed E-state index contributed by atoms with van der Waals surface area (Å²) in [6.45, 7) is 0.337. The lowest BCUT2D eigenvalue weighted by Gasteiger charge is -1.98. The topological polar surface area (TPSA) is 42.2 Å². The zero-order chi connectivity index (χ0) is 10.6. The van der Waals surface area contributed by atoms with Gasteiger partial charge in [-0.1, -0.05) is 24.1 Å². The molecule has 0 aliphatic carbocycles. The van der Waals surface area contributed by atoms with E-state index in [1.54, 1.807) is 0 Å². The van der Waals surface area contributed by atoms with Crippen LogP contribution in [-0.4, -0.2) is 13.7 Å². The number of hydrogen-bond donors (Lipinski definition) is 0. The molecule has 0 saturated heterocycles. The minimum Gasteiger partial charge on any atom is -0.481 e. The third-order valence-corrected chi connectivity index (χ3v) is 1.16. The fraction of sp³-hybridized carbons (Fsp3) is 0.182. The van der Waals surface area contributed by atoms with Crippen molar-refractivity contribution in [2.24, 2.45) is 0 Å². The van der Waals surface area contributed by atoms with Crippen LogP contribution in [0.25, 0.3) is 0 Å². The molecule has 3 heteroatoms. The fourth-order valence-corrected chi connectivity index (χ4v) is 0.642. The van der Waals surface area contributed by atoms with Crippen LogP contribution in [0.15, 0.2) is 30.3 Å². The number of ether oxygens (including phenoxy) is 2. The Hall–Kier alpha value is -2.13. The Kier molecular flexibility index (Phi) is 7.60. The average molecular weight is 189 g/mol. The van der Waals surface area contributed by atoms with Gasteiger partial charge in [-0.2, -0.15) is 5.26 Å². The lowest BCUT2D eigenvalue weighted by atomic mass is 10.3. The van der Waals surface area contributed by atoms with Crippen molar-refractivity contribution in [1.82, 2.24) is 0 Å². The largest absolute Gasteiger partial charge is 0.481 e. The van der Waals surface area contributed by atoms with E-state index in [1.807, 2.05) is 30.3 Å². The van der Waals surface area contributed by atoms with Crippen LogP contribution in [-0.2, 0) is 4.74 Å². The van der Waals surface area contributed by atoms with E-state index in [9.17, 15) is 0 Å². The lowest BCUT2D eigenvalue weighted by Crippen LogP contribution is -1.91. The van der Waals surface area contributed by atoms with Crippen molar-refractivity contribution < 1.29 is 9.47 Å². The Morgan fingerprint density at radius 1 is 1.36 bits per heavy atom. The van der Waals surface area contributed by atoms with Crippen LogP contribution in [0.3, 0.4) is 0 Å². The smallest absolute Gasteiger partial charge is 0.286 e. The first-order valence-electron chi connectivity index (χ1n) is 3.88. The zero-order valence-electron chi connectivity index (χ0n) is 7.93. The molecular weight excluding hydrogens is 178 g/mol. The first-order valence-corrected chi connectivity index (χ1v) is 3.88. The second-order valence-electron chi connectivity index (χ2n) is 2.10. The molecule has 0 unspecified atom stereocenters. The monoisotopic (exact) mass is 189 g/mol. The van der Waals surface area contributed by atoms with Crippen molar-refractivity contribution in [2.75, 3.05) is 13.7 Å². The number of terminal acetylenes is 1. The molecule has 0 heterocycles. The molecule has 0 fully saturated rings. The van der Waals surface area contributed by atoms with Crippen LogP contribution < -0.4 is 4.74 Å². The van der Waals surface area contributed by atoms with Gasteiger partial charge in [0.25, 0.3) is 6.26 Å². The molecule has 0 atom stereocenters. The van der Waals surface area contributed by atoms with Gasteiger partial charge in [-0.3, -0.25) is 0 Å².